The molecular weight excluding hydrogens is 261 g/mol. The zero-order chi connectivity index (χ0) is 17.4. The maximum atomic E-state index is 12.5. The van der Waals surface area contributed by atoms with Crippen molar-refractivity contribution in [1.82, 2.24) is 18.7 Å². The van der Waals surface area contributed by atoms with E-state index in [9.17, 15) is 14.7 Å². The third kappa shape index (κ3) is 2.53. The van der Waals surface area contributed by atoms with Gasteiger partial charge in [-0.1, -0.05) is 0 Å². The molecule has 0 aromatic carbocycles. The molecule has 0 amide bonds. The summed E-state index contributed by atoms with van der Waals surface area (Å²) in [6, 6.07) is 0. The molecule has 7 nitrogen and oxygen atoms in total. The van der Waals surface area contributed by atoms with E-state index in [0.29, 0.717) is 19.3 Å². The van der Waals surface area contributed by atoms with Gasteiger partial charge in [-0.2, -0.15) is 0 Å². The van der Waals surface area contributed by atoms with Gasteiger partial charge in [-0.3, -0.25) is 13.9 Å². The monoisotopic (exact) mass is 284 g/mol. The molecule has 0 aliphatic carbocycles. The molecule has 7 heteroatoms. The van der Waals surface area contributed by atoms with Crippen LogP contribution in [0, 0.1) is 0 Å². The number of imidazole rings is 1. The Kier molecular flexibility index (Phi) is 3.05. The zero-order valence-electron chi connectivity index (χ0n) is 14.5. The van der Waals surface area contributed by atoms with Gasteiger partial charge in [-0.05, 0) is 26.2 Å². The molecule has 1 unspecified atom stereocenters. The van der Waals surface area contributed by atoms with E-state index in [2.05, 4.69) is 4.98 Å². The molecule has 0 aliphatic heterocycles. The van der Waals surface area contributed by atoms with Crippen molar-refractivity contribution in [3.63, 3.8) is 0 Å². The lowest BCUT2D eigenvalue weighted by atomic mass is 10.2. The number of unbranched alkanes of at least 4 members (excludes halogenated alkanes) is 1. The molecule has 1 atom stereocenters. The second-order valence-electron chi connectivity index (χ2n) is 4.93. The molecule has 0 spiro atoms. The highest BCUT2D eigenvalue weighted by molar-refractivity contribution is 5.69. The van der Waals surface area contributed by atoms with E-state index < -0.39 is 24.3 Å². The molecule has 2 heterocycles. The molecule has 0 saturated carbocycles. The van der Waals surface area contributed by atoms with Gasteiger partial charge in [0, 0.05) is 24.7 Å². The maximum Gasteiger partial charge on any atom is 0.332 e. The predicted molar refractivity (Wildman–Crippen MR) is 75.7 cm³/mol. The minimum absolute atomic E-state index is 0.0522. The number of hydrogen-bond donors (Lipinski definition) is 1. The Morgan fingerprint density at radius 1 is 1.45 bits per heavy atom. The van der Waals surface area contributed by atoms with E-state index in [1.807, 2.05) is 0 Å². The summed E-state index contributed by atoms with van der Waals surface area (Å²) in [7, 11) is 1.45. The van der Waals surface area contributed by atoms with Crippen molar-refractivity contribution in [2.75, 3.05) is 0 Å². The van der Waals surface area contributed by atoms with Gasteiger partial charge < -0.3 is 9.67 Å². The summed E-state index contributed by atoms with van der Waals surface area (Å²) in [5.41, 5.74) is -1.25. The van der Waals surface area contributed by atoms with Gasteiger partial charge in [-0.15, -0.1) is 0 Å². The van der Waals surface area contributed by atoms with Gasteiger partial charge in [0.05, 0.1) is 12.4 Å². The van der Waals surface area contributed by atoms with Crippen LogP contribution >= 0.6 is 0 Å². The summed E-state index contributed by atoms with van der Waals surface area (Å²) in [5.74, 6) is 0. The Morgan fingerprint density at radius 2 is 2.20 bits per heavy atom. The molecular formula is C13H20N4O3. The SMILES string of the molecule is [2H][13C]([2H])([2H])n1cnc2c1c(=O)n(CCCCC(C)O)c(=O)n2C. The lowest BCUT2D eigenvalue weighted by Crippen LogP contribution is -2.39. The Balaban J connectivity index is 2.49. The number of aliphatic hydroxyl groups excluding tert-OH is 1. The van der Waals surface area contributed by atoms with Crippen LogP contribution in [-0.2, 0) is 20.6 Å². The summed E-state index contributed by atoms with van der Waals surface area (Å²) in [6.45, 7) is -0.706. The fourth-order valence-electron chi connectivity index (χ4n) is 2.18. The standard InChI is InChI=1S/C13H20N4O3/c1-9(18)6-4-5-7-17-12(19)10-11(14-8-15(10)2)16(3)13(17)20/h8-9,18H,4-7H2,1-3H3/i2+1D3. The maximum absolute atomic E-state index is 12.5. The summed E-state index contributed by atoms with van der Waals surface area (Å²) < 4.78 is 25.4. The number of rotatable bonds is 5. The third-order valence-corrected chi connectivity index (χ3v) is 3.29. The average Bonchev–Trinajstić information content (AvgIpc) is 2.89. The van der Waals surface area contributed by atoms with Crippen molar-refractivity contribution in [2.45, 2.75) is 38.8 Å². The number of aryl methyl sites for hydroxylation is 2. The lowest BCUT2D eigenvalue weighted by Gasteiger charge is -2.09. The highest BCUT2D eigenvalue weighted by Crippen LogP contribution is 2.04. The van der Waals surface area contributed by atoms with Gasteiger partial charge in [0.25, 0.3) is 5.56 Å². The molecule has 0 radical (unpaired) electrons. The smallest absolute Gasteiger partial charge is 0.332 e. The van der Waals surface area contributed by atoms with E-state index in [-0.39, 0.29) is 17.7 Å². The van der Waals surface area contributed by atoms with Crippen molar-refractivity contribution in [3.8, 4) is 0 Å². The quantitative estimate of drug-likeness (QED) is 0.618. The van der Waals surface area contributed by atoms with Crippen LogP contribution in [0.1, 0.15) is 30.3 Å². The van der Waals surface area contributed by atoms with Crippen LogP contribution in [0.25, 0.3) is 11.2 Å². The third-order valence-electron chi connectivity index (χ3n) is 3.29. The number of hydrogen-bond acceptors (Lipinski definition) is 4. The van der Waals surface area contributed by atoms with Crippen LogP contribution in [0.5, 0.6) is 0 Å². The lowest BCUT2D eigenvalue weighted by molar-refractivity contribution is 0.180. The summed E-state index contributed by atoms with van der Waals surface area (Å²) >= 11 is 0. The highest BCUT2D eigenvalue weighted by atomic mass is 16.3. The van der Waals surface area contributed by atoms with Crippen LogP contribution < -0.4 is 11.2 Å². The van der Waals surface area contributed by atoms with Crippen molar-refractivity contribution in [1.29, 1.82) is 0 Å². The molecule has 1 N–H and O–H groups in total. The minimum Gasteiger partial charge on any atom is -0.393 e. The summed E-state index contributed by atoms with van der Waals surface area (Å²) in [6.07, 6.45) is 2.38. The summed E-state index contributed by atoms with van der Waals surface area (Å²) in [5, 5.41) is 9.23. The first-order valence-corrected chi connectivity index (χ1v) is 6.50. The van der Waals surface area contributed by atoms with E-state index in [1.165, 1.54) is 11.6 Å². The Bertz CT molecular complexity index is 817. The molecule has 0 fully saturated rings. The number of nitrogens with zero attached hydrogens (tertiary/aromatic N) is 4. The molecule has 2 rings (SSSR count). The molecule has 110 valence electrons. The number of aromatic nitrogens is 4. The second kappa shape index (κ2) is 5.62. The molecule has 0 saturated heterocycles. The number of aliphatic hydroxyl groups is 1. The van der Waals surface area contributed by atoms with E-state index in [0.717, 1.165) is 15.5 Å². The van der Waals surface area contributed by atoms with E-state index in [4.69, 9.17) is 4.11 Å². The van der Waals surface area contributed by atoms with Gasteiger partial charge in [0.15, 0.2) is 11.2 Å². The fraction of sp³-hybridized carbons (Fsp3) is 0.615. The highest BCUT2D eigenvalue weighted by Gasteiger charge is 2.14. The first kappa shape index (κ1) is 10.8. The summed E-state index contributed by atoms with van der Waals surface area (Å²) in [4.78, 5) is 28.7. The van der Waals surface area contributed by atoms with Crippen molar-refractivity contribution < 1.29 is 9.22 Å². The normalized spacial score (nSPS) is 15.8. The van der Waals surface area contributed by atoms with Crippen molar-refractivity contribution in [3.05, 3.63) is 27.2 Å². The molecule has 20 heavy (non-hydrogen) atoms. The first-order chi connectivity index (χ1) is 10.6. The largest absolute Gasteiger partial charge is 0.393 e. The molecule has 0 bridgehead atoms. The number of fused-ring (bicyclic) bond motifs is 1. The molecule has 2 aromatic heterocycles. The Labute approximate surface area is 120 Å². The average molecular weight is 284 g/mol. The zero-order valence-corrected chi connectivity index (χ0v) is 11.5. The topological polar surface area (TPSA) is 82.1 Å². The van der Waals surface area contributed by atoms with Crippen LogP contribution in [0.3, 0.4) is 0 Å². The Morgan fingerprint density at radius 3 is 2.85 bits per heavy atom. The fourth-order valence-corrected chi connectivity index (χ4v) is 2.18. The van der Waals surface area contributed by atoms with Gasteiger partial charge in [0.1, 0.15) is 0 Å². The minimum atomic E-state index is -2.55. The van der Waals surface area contributed by atoms with Crippen LogP contribution in [0.2, 0.25) is 0 Å². The van der Waals surface area contributed by atoms with Gasteiger partial charge >= 0.3 is 5.69 Å². The van der Waals surface area contributed by atoms with Gasteiger partial charge in [0.2, 0.25) is 0 Å². The molecule has 0 aliphatic rings. The van der Waals surface area contributed by atoms with Gasteiger partial charge in [-0.25, -0.2) is 9.78 Å². The van der Waals surface area contributed by atoms with E-state index in [1.54, 1.807) is 6.92 Å². The Hall–Kier alpha value is -1.89. The molecule has 2 aromatic rings. The van der Waals surface area contributed by atoms with Crippen molar-refractivity contribution in [2.24, 2.45) is 14.0 Å². The van der Waals surface area contributed by atoms with Crippen LogP contribution in [0.4, 0.5) is 0 Å². The van der Waals surface area contributed by atoms with Crippen LogP contribution in [0.15, 0.2) is 15.9 Å². The van der Waals surface area contributed by atoms with Crippen LogP contribution in [-0.4, -0.2) is 29.9 Å². The second-order valence-corrected chi connectivity index (χ2v) is 4.93. The first-order valence-electron chi connectivity index (χ1n) is 8.00. The predicted octanol–water partition coefficient (Wildman–Crippen LogP) is -0.0152. The van der Waals surface area contributed by atoms with Crippen molar-refractivity contribution >= 4 is 11.2 Å². The van der Waals surface area contributed by atoms with E-state index >= 15 is 0 Å².